The van der Waals surface area contributed by atoms with Crippen LogP contribution in [0.3, 0.4) is 0 Å². The van der Waals surface area contributed by atoms with E-state index >= 15 is 0 Å². The summed E-state index contributed by atoms with van der Waals surface area (Å²) in [6.45, 7) is 0. The van der Waals surface area contributed by atoms with E-state index in [1.807, 2.05) is 0 Å². The molecule has 0 spiro atoms. The topological polar surface area (TPSA) is 109 Å². The molecule has 2 atom stereocenters. The molecule has 0 aromatic heterocycles. The van der Waals surface area contributed by atoms with Gasteiger partial charge in [-0.05, 0) is 12.1 Å². The zero-order valence-electron chi connectivity index (χ0n) is 14.2. The maximum absolute atomic E-state index is 12.1. The third kappa shape index (κ3) is 3.50. The molecule has 0 unspecified atom stereocenters. The van der Waals surface area contributed by atoms with E-state index in [-0.39, 0.29) is 29.2 Å². The van der Waals surface area contributed by atoms with Crippen molar-refractivity contribution in [1.29, 1.82) is 5.26 Å². The lowest BCUT2D eigenvalue weighted by atomic mass is 10.2. The number of methoxy groups -OCH3 is 2. The smallest absolute Gasteiger partial charge is 0.262 e. The molecule has 2 saturated heterocycles. The van der Waals surface area contributed by atoms with Crippen molar-refractivity contribution in [3.63, 3.8) is 0 Å². The summed E-state index contributed by atoms with van der Waals surface area (Å²) in [6, 6.07) is 6.59. The molecule has 26 heavy (non-hydrogen) atoms. The highest BCUT2D eigenvalue weighted by Gasteiger charge is 2.50. The van der Waals surface area contributed by atoms with Crippen LogP contribution in [0.5, 0.6) is 11.5 Å². The fraction of sp³-hybridized carbons (Fsp3) is 0.438. The van der Waals surface area contributed by atoms with Crippen molar-refractivity contribution >= 4 is 38.4 Å². The molecule has 138 valence electrons. The van der Waals surface area contributed by atoms with Gasteiger partial charge in [-0.3, -0.25) is 4.79 Å². The third-order valence-corrected chi connectivity index (χ3v) is 7.37. The van der Waals surface area contributed by atoms with Gasteiger partial charge in [-0.1, -0.05) is 11.8 Å². The standard InChI is InChI=1S/C16H17N3O5S2/c1-23-10-3-4-11(13(7-10)24-2)19-12-8-26(21,22)9-14(12)25-16(19)18-15(20)5-6-17/h3-4,7,12,14H,5,8-9H2,1-2H3/t12-,14-/m0/s1. The second-order valence-corrected chi connectivity index (χ2v) is 9.19. The zero-order chi connectivity index (χ0) is 18.9. The molecule has 8 nitrogen and oxygen atoms in total. The Balaban J connectivity index is 2.07. The van der Waals surface area contributed by atoms with E-state index in [1.54, 1.807) is 29.2 Å². The summed E-state index contributed by atoms with van der Waals surface area (Å²) >= 11 is 1.25. The average Bonchev–Trinajstić information content (AvgIpc) is 3.05. The van der Waals surface area contributed by atoms with Crippen molar-refractivity contribution in [3.8, 4) is 17.6 Å². The van der Waals surface area contributed by atoms with Crippen molar-refractivity contribution in [2.75, 3.05) is 30.6 Å². The number of amides is 1. The van der Waals surface area contributed by atoms with Crippen molar-refractivity contribution in [1.82, 2.24) is 0 Å². The van der Waals surface area contributed by atoms with Crippen LogP contribution in [0.1, 0.15) is 6.42 Å². The Kier molecular flexibility index (Phi) is 5.11. The quantitative estimate of drug-likeness (QED) is 0.749. The predicted molar refractivity (Wildman–Crippen MR) is 98.5 cm³/mol. The van der Waals surface area contributed by atoms with E-state index in [1.165, 1.54) is 26.0 Å². The molecule has 0 saturated carbocycles. The highest BCUT2D eigenvalue weighted by atomic mass is 32.2. The van der Waals surface area contributed by atoms with Gasteiger partial charge in [0.2, 0.25) is 0 Å². The Hall–Kier alpha value is -2.25. The number of nitriles is 1. The number of sulfone groups is 1. The molecule has 0 radical (unpaired) electrons. The number of thioether (sulfide) groups is 1. The number of anilines is 1. The molecule has 1 aromatic carbocycles. The highest BCUT2D eigenvalue weighted by Crippen LogP contribution is 2.44. The second kappa shape index (κ2) is 7.17. The Labute approximate surface area is 155 Å². The molecule has 2 fully saturated rings. The summed E-state index contributed by atoms with van der Waals surface area (Å²) in [7, 11) is -0.124. The van der Waals surface area contributed by atoms with Gasteiger partial charge >= 0.3 is 0 Å². The lowest BCUT2D eigenvalue weighted by Gasteiger charge is -2.26. The maximum atomic E-state index is 12.1. The lowest BCUT2D eigenvalue weighted by molar-refractivity contribution is -0.116. The number of nitrogens with zero attached hydrogens (tertiary/aromatic N) is 3. The molecule has 0 N–H and O–H groups in total. The largest absolute Gasteiger partial charge is 0.497 e. The van der Waals surface area contributed by atoms with Crippen LogP contribution in [0.25, 0.3) is 0 Å². The molecule has 2 aliphatic heterocycles. The van der Waals surface area contributed by atoms with E-state index in [0.29, 0.717) is 22.4 Å². The molecule has 1 aromatic rings. The van der Waals surface area contributed by atoms with Crippen molar-refractivity contribution < 1.29 is 22.7 Å². The summed E-state index contributed by atoms with van der Waals surface area (Å²) in [5.74, 6) is 0.520. The fourth-order valence-corrected chi connectivity index (χ4v) is 6.97. The number of fused-ring (bicyclic) bond motifs is 1. The van der Waals surface area contributed by atoms with Gasteiger partial charge in [-0.25, -0.2) is 8.42 Å². The molecule has 3 rings (SSSR count). The number of carbonyl (C=O) groups is 1. The van der Waals surface area contributed by atoms with E-state index in [9.17, 15) is 13.2 Å². The first-order valence-corrected chi connectivity index (χ1v) is 10.5. The summed E-state index contributed by atoms with van der Waals surface area (Å²) in [4.78, 5) is 17.6. The van der Waals surface area contributed by atoms with Crippen LogP contribution in [0.15, 0.2) is 23.2 Å². The Bertz CT molecular complexity index is 907. The predicted octanol–water partition coefficient (Wildman–Crippen LogP) is 1.22. The summed E-state index contributed by atoms with van der Waals surface area (Å²) in [5, 5.41) is 8.86. The highest BCUT2D eigenvalue weighted by molar-refractivity contribution is 8.16. The monoisotopic (exact) mass is 395 g/mol. The van der Waals surface area contributed by atoms with Gasteiger partial charge in [0, 0.05) is 11.3 Å². The maximum Gasteiger partial charge on any atom is 0.262 e. The third-order valence-electron chi connectivity index (χ3n) is 4.16. The van der Waals surface area contributed by atoms with Gasteiger partial charge in [0.25, 0.3) is 5.91 Å². The van der Waals surface area contributed by atoms with Crippen LogP contribution in [0.4, 0.5) is 5.69 Å². The van der Waals surface area contributed by atoms with E-state index < -0.39 is 15.7 Å². The van der Waals surface area contributed by atoms with Gasteiger partial charge in [-0.15, -0.1) is 0 Å². The van der Waals surface area contributed by atoms with E-state index in [2.05, 4.69) is 4.99 Å². The van der Waals surface area contributed by atoms with Crippen LogP contribution < -0.4 is 14.4 Å². The van der Waals surface area contributed by atoms with E-state index in [4.69, 9.17) is 14.7 Å². The normalized spacial score (nSPS) is 25.0. The molecule has 2 aliphatic rings. The van der Waals surface area contributed by atoms with Crippen molar-refractivity contribution in [2.24, 2.45) is 4.99 Å². The average molecular weight is 395 g/mol. The first kappa shape index (κ1) is 18.5. The summed E-state index contributed by atoms with van der Waals surface area (Å²) in [5.41, 5.74) is 0.605. The summed E-state index contributed by atoms with van der Waals surface area (Å²) in [6.07, 6.45) is -0.328. The number of rotatable bonds is 4. The van der Waals surface area contributed by atoms with Crippen LogP contribution >= 0.6 is 11.8 Å². The van der Waals surface area contributed by atoms with Crippen molar-refractivity contribution in [2.45, 2.75) is 17.7 Å². The van der Waals surface area contributed by atoms with Gasteiger partial charge in [0.15, 0.2) is 15.0 Å². The minimum absolute atomic E-state index is 0.0225. The number of carbonyl (C=O) groups excluding carboxylic acids is 1. The van der Waals surface area contributed by atoms with Gasteiger partial charge in [-0.2, -0.15) is 10.3 Å². The van der Waals surface area contributed by atoms with Crippen LogP contribution in [0.2, 0.25) is 0 Å². The van der Waals surface area contributed by atoms with Gasteiger partial charge in [0.05, 0.1) is 43.5 Å². The molecule has 0 bridgehead atoms. The van der Waals surface area contributed by atoms with Gasteiger partial charge < -0.3 is 14.4 Å². The minimum Gasteiger partial charge on any atom is -0.497 e. The fourth-order valence-electron chi connectivity index (χ4n) is 3.04. The number of hydrogen-bond acceptors (Lipinski definition) is 7. The molecular weight excluding hydrogens is 378 g/mol. The van der Waals surface area contributed by atoms with Crippen LogP contribution in [-0.4, -0.2) is 56.5 Å². The molecule has 2 heterocycles. The Morgan fingerprint density at radius 2 is 2.15 bits per heavy atom. The van der Waals surface area contributed by atoms with Crippen molar-refractivity contribution in [3.05, 3.63) is 18.2 Å². The minimum atomic E-state index is -3.16. The summed E-state index contributed by atoms with van der Waals surface area (Å²) < 4.78 is 34.8. The van der Waals surface area contributed by atoms with E-state index in [0.717, 1.165) is 0 Å². The number of benzene rings is 1. The molecule has 0 aliphatic carbocycles. The lowest BCUT2D eigenvalue weighted by Crippen LogP contribution is -2.38. The Morgan fingerprint density at radius 1 is 1.38 bits per heavy atom. The SMILES string of the molecule is COc1ccc(N2C(=NC(=O)CC#N)S[C@H]3CS(=O)(=O)C[C@@H]32)c(OC)c1. The molecular formula is C16H17N3O5S2. The number of ether oxygens (including phenoxy) is 2. The first-order valence-electron chi connectivity index (χ1n) is 7.75. The first-order chi connectivity index (χ1) is 12.4. The molecule has 1 amide bonds. The zero-order valence-corrected chi connectivity index (χ0v) is 15.8. The number of aliphatic imine (C=N–C) groups is 1. The van der Waals surface area contributed by atoms with Crippen LogP contribution in [0, 0.1) is 11.3 Å². The van der Waals surface area contributed by atoms with Gasteiger partial charge in [0.1, 0.15) is 17.9 Å². The van der Waals surface area contributed by atoms with Crippen LogP contribution in [-0.2, 0) is 14.6 Å². The number of hydrogen-bond donors (Lipinski definition) is 0. The number of amidine groups is 1. The molecule has 10 heteroatoms. The second-order valence-electron chi connectivity index (χ2n) is 5.83. The Morgan fingerprint density at radius 3 is 2.81 bits per heavy atom.